The van der Waals surface area contributed by atoms with Gasteiger partial charge in [0.1, 0.15) is 5.75 Å². The van der Waals surface area contributed by atoms with Crippen LogP contribution in [0.1, 0.15) is 5.69 Å². The highest BCUT2D eigenvalue weighted by Crippen LogP contribution is 2.18. The van der Waals surface area contributed by atoms with Crippen molar-refractivity contribution >= 4 is 10.9 Å². The Hall–Kier alpha value is -1.84. The number of hydrogen-bond donors (Lipinski definition) is 1. The second-order valence-corrected chi connectivity index (χ2v) is 3.04. The number of hydrogen-bond acceptors (Lipinski definition) is 3. The van der Waals surface area contributed by atoms with Crippen LogP contribution in [-0.2, 0) is 0 Å². The summed E-state index contributed by atoms with van der Waals surface area (Å²) in [5, 5.41) is 0.936. The van der Waals surface area contributed by atoms with Gasteiger partial charge in [0.15, 0.2) is 0 Å². The molecule has 4 heteroatoms. The predicted octanol–water partition coefficient (Wildman–Crippen LogP) is 1.24. The smallest absolute Gasteiger partial charge is 0.345 e. The van der Waals surface area contributed by atoms with Gasteiger partial charge in [-0.15, -0.1) is 0 Å². The Kier molecular flexibility index (Phi) is 1.96. The maximum Gasteiger partial charge on any atom is 0.345 e. The van der Waals surface area contributed by atoms with Gasteiger partial charge in [0.05, 0.1) is 18.3 Å². The Morgan fingerprint density at radius 3 is 2.93 bits per heavy atom. The molecule has 0 fully saturated rings. The summed E-state index contributed by atoms with van der Waals surface area (Å²) >= 11 is 0. The maximum atomic E-state index is 11.1. The largest absolute Gasteiger partial charge is 0.497 e. The van der Waals surface area contributed by atoms with E-state index >= 15 is 0 Å². The molecule has 1 heterocycles. The molecule has 0 spiro atoms. The van der Waals surface area contributed by atoms with Crippen molar-refractivity contribution in [2.75, 3.05) is 7.11 Å². The molecule has 14 heavy (non-hydrogen) atoms. The number of fused-ring (bicyclic) bond motifs is 1. The zero-order chi connectivity index (χ0) is 10.1. The number of H-pyrrole nitrogens is 1. The number of ether oxygens (including phenoxy) is 1. The summed E-state index contributed by atoms with van der Waals surface area (Å²) in [6, 6.07) is 5.51. The molecule has 72 valence electrons. The topological polar surface area (TPSA) is 55.0 Å². The van der Waals surface area contributed by atoms with Crippen LogP contribution in [0, 0.1) is 6.92 Å². The summed E-state index contributed by atoms with van der Waals surface area (Å²) in [6.45, 7) is 1.81. The lowest BCUT2D eigenvalue weighted by molar-refractivity contribution is 0.415. The van der Waals surface area contributed by atoms with Crippen molar-refractivity contribution in [2.45, 2.75) is 6.92 Å². The number of methoxy groups -OCH3 is 1. The molecule has 0 aliphatic carbocycles. The molecule has 1 aromatic carbocycles. The van der Waals surface area contributed by atoms with Gasteiger partial charge in [0, 0.05) is 11.5 Å². The van der Waals surface area contributed by atoms with Gasteiger partial charge in [-0.05, 0) is 19.1 Å². The third-order valence-corrected chi connectivity index (χ3v) is 2.13. The molecule has 0 aliphatic heterocycles. The van der Waals surface area contributed by atoms with Crippen molar-refractivity contribution in [3.63, 3.8) is 0 Å². The Labute approximate surface area is 80.6 Å². The van der Waals surface area contributed by atoms with E-state index in [1.807, 2.05) is 19.1 Å². The molecule has 0 atom stereocenters. The first-order chi connectivity index (χ1) is 6.70. The molecular formula is C10H10N2O2. The average molecular weight is 190 g/mol. The molecule has 0 aliphatic rings. The standard InChI is InChI=1S/C10H10N2O2/c1-6-8-4-3-7(14-2)5-9(8)12-10(13)11-6/h3-5H,1-2H3,(H,11,12,13). The van der Waals surface area contributed by atoms with E-state index in [9.17, 15) is 4.79 Å². The zero-order valence-electron chi connectivity index (χ0n) is 8.00. The molecule has 0 unspecified atom stereocenters. The highest BCUT2D eigenvalue weighted by Gasteiger charge is 2.01. The molecule has 0 saturated heterocycles. The fourth-order valence-electron chi connectivity index (χ4n) is 1.42. The number of nitrogens with zero attached hydrogens (tertiary/aromatic N) is 1. The van der Waals surface area contributed by atoms with Crippen LogP contribution >= 0.6 is 0 Å². The summed E-state index contributed by atoms with van der Waals surface area (Å²) in [4.78, 5) is 17.6. The SMILES string of the molecule is COc1ccc2c(C)nc(=O)[nH]c2c1. The van der Waals surface area contributed by atoms with Crippen molar-refractivity contribution in [2.24, 2.45) is 0 Å². The van der Waals surface area contributed by atoms with Crippen LogP contribution in [0.2, 0.25) is 0 Å². The first-order valence-electron chi connectivity index (χ1n) is 4.25. The van der Waals surface area contributed by atoms with Gasteiger partial charge in [0.25, 0.3) is 0 Å². The summed E-state index contributed by atoms with van der Waals surface area (Å²) in [7, 11) is 1.59. The van der Waals surface area contributed by atoms with E-state index in [0.29, 0.717) is 0 Å². The summed E-state index contributed by atoms with van der Waals surface area (Å²) in [5.41, 5.74) is 1.15. The van der Waals surface area contributed by atoms with Gasteiger partial charge in [-0.1, -0.05) is 0 Å². The second-order valence-electron chi connectivity index (χ2n) is 3.04. The third-order valence-electron chi connectivity index (χ3n) is 2.13. The lowest BCUT2D eigenvalue weighted by Crippen LogP contribution is -2.11. The van der Waals surface area contributed by atoms with Crippen molar-refractivity contribution < 1.29 is 4.74 Å². The minimum atomic E-state index is -0.330. The van der Waals surface area contributed by atoms with E-state index in [0.717, 1.165) is 22.3 Å². The third kappa shape index (κ3) is 1.35. The Morgan fingerprint density at radius 2 is 2.21 bits per heavy atom. The highest BCUT2D eigenvalue weighted by molar-refractivity contribution is 5.81. The Bertz CT molecular complexity index is 531. The quantitative estimate of drug-likeness (QED) is 0.736. The number of benzene rings is 1. The minimum Gasteiger partial charge on any atom is -0.497 e. The van der Waals surface area contributed by atoms with Gasteiger partial charge in [-0.3, -0.25) is 0 Å². The first-order valence-corrected chi connectivity index (χ1v) is 4.25. The van der Waals surface area contributed by atoms with Crippen molar-refractivity contribution in [3.05, 3.63) is 34.4 Å². The van der Waals surface area contributed by atoms with E-state index < -0.39 is 0 Å². The van der Waals surface area contributed by atoms with Gasteiger partial charge >= 0.3 is 5.69 Å². The number of aryl methyl sites for hydroxylation is 1. The van der Waals surface area contributed by atoms with E-state index in [-0.39, 0.29) is 5.69 Å². The molecule has 1 N–H and O–H groups in total. The number of aromatic amines is 1. The molecule has 1 aromatic heterocycles. The van der Waals surface area contributed by atoms with Crippen LogP contribution in [0.15, 0.2) is 23.0 Å². The average Bonchev–Trinajstić information content (AvgIpc) is 2.16. The lowest BCUT2D eigenvalue weighted by atomic mass is 10.2. The fourth-order valence-corrected chi connectivity index (χ4v) is 1.42. The van der Waals surface area contributed by atoms with E-state index in [2.05, 4.69) is 9.97 Å². The number of aromatic nitrogens is 2. The molecular weight excluding hydrogens is 180 g/mol. The minimum absolute atomic E-state index is 0.330. The lowest BCUT2D eigenvalue weighted by Gasteiger charge is -2.03. The Morgan fingerprint density at radius 1 is 1.43 bits per heavy atom. The van der Waals surface area contributed by atoms with Crippen molar-refractivity contribution in [1.29, 1.82) is 0 Å². The van der Waals surface area contributed by atoms with Crippen molar-refractivity contribution in [1.82, 2.24) is 9.97 Å². The Balaban J connectivity index is 2.82. The number of rotatable bonds is 1. The predicted molar refractivity (Wildman–Crippen MR) is 53.7 cm³/mol. The zero-order valence-corrected chi connectivity index (χ0v) is 8.00. The van der Waals surface area contributed by atoms with Crippen LogP contribution in [0.25, 0.3) is 10.9 Å². The summed E-state index contributed by atoms with van der Waals surface area (Å²) < 4.78 is 5.06. The van der Waals surface area contributed by atoms with Crippen LogP contribution in [0.5, 0.6) is 5.75 Å². The fraction of sp³-hybridized carbons (Fsp3) is 0.200. The molecule has 0 amide bonds. The molecule has 0 bridgehead atoms. The van der Waals surface area contributed by atoms with Crippen LogP contribution < -0.4 is 10.4 Å². The summed E-state index contributed by atoms with van der Waals surface area (Å²) in [6.07, 6.45) is 0. The van der Waals surface area contributed by atoms with Gasteiger partial charge in [-0.25, -0.2) is 4.79 Å². The first kappa shape index (κ1) is 8.74. The molecule has 0 saturated carbocycles. The van der Waals surface area contributed by atoms with Crippen LogP contribution in [0.4, 0.5) is 0 Å². The van der Waals surface area contributed by atoms with Crippen LogP contribution in [0.3, 0.4) is 0 Å². The van der Waals surface area contributed by atoms with Crippen molar-refractivity contribution in [3.8, 4) is 5.75 Å². The normalized spacial score (nSPS) is 10.4. The molecule has 2 rings (SSSR count). The monoisotopic (exact) mass is 190 g/mol. The van der Waals surface area contributed by atoms with E-state index in [4.69, 9.17) is 4.74 Å². The molecule has 0 radical (unpaired) electrons. The molecule has 4 nitrogen and oxygen atoms in total. The second kappa shape index (κ2) is 3.14. The van der Waals surface area contributed by atoms with Gasteiger partial charge in [-0.2, -0.15) is 4.98 Å². The maximum absolute atomic E-state index is 11.1. The molecule has 2 aromatic rings. The van der Waals surface area contributed by atoms with E-state index in [1.54, 1.807) is 13.2 Å². The summed E-state index contributed by atoms with van der Waals surface area (Å²) in [5.74, 6) is 0.721. The van der Waals surface area contributed by atoms with E-state index in [1.165, 1.54) is 0 Å². The number of nitrogens with one attached hydrogen (secondary N) is 1. The highest BCUT2D eigenvalue weighted by atomic mass is 16.5. The van der Waals surface area contributed by atoms with Gasteiger partial charge < -0.3 is 9.72 Å². The van der Waals surface area contributed by atoms with Crippen LogP contribution in [-0.4, -0.2) is 17.1 Å². The van der Waals surface area contributed by atoms with Gasteiger partial charge in [0.2, 0.25) is 0 Å².